The van der Waals surface area contributed by atoms with Crippen molar-refractivity contribution in [2.45, 2.75) is 6.92 Å². The first-order chi connectivity index (χ1) is 9.86. The summed E-state index contributed by atoms with van der Waals surface area (Å²) in [5.41, 5.74) is -1.78. The minimum Gasteiger partial charge on any atom is -0.504 e. The molecule has 2 N–H and O–H groups in total. The number of methoxy groups -OCH3 is 1. The van der Waals surface area contributed by atoms with Crippen LogP contribution in [-0.4, -0.2) is 67.9 Å². The Hall–Kier alpha value is -2.17. The molecule has 111 valence electrons. The van der Waals surface area contributed by atoms with E-state index in [0.29, 0.717) is 0 Å². The Balaban J connectivity index is 0.00000242. The van der Waals surface area contributed by atoms with Gasteiger partial charge in [-0.1, -0.05) is 5.16 Å². The zero-order chi connectivity index (χ0) is 15.7. The van der Waals surface area contributed by atoms with Crippen molar-refractivity contribution in [1.29, 1.82) is 0 Å². The molecule has 2 aromatic rings. The fourth-order valence-corrected chi connectivity index (χ4v) is 1.72. The average molecular weight is 318 g/mol. The Labute approximate surface area is 145 Å². The molecule has 0 aliphatic carbocycles. The van der Waals surface area contributed by atoms with Crippen molar-refractivity contribution in [2.24, 2.45) is 0 Å². The number of aryl methyl sites for hydroxylation is 1. The Bertz CT molecular complexity index is 744. The molecule has 0 atom stereocenters. The minimum atomic E-state index is -1.09. The normalized spacial score (nSPS) is 9.91. The number of phenolic OH excluding ortho intramolecular Hbond substituents is 2. The number of ether oxygens (including phenoxy) is 1. The van der Waals surface area contributed by atoms with Crippen LogP contribution in [0.3, 0.4) is 0 Å². The predicted molar refractivity (Wildman–Crippen MR) is 71.5 cm³/mol. The molecule has 1 heterocycles. The number of aromatic hydroxyl groups is 2. The Morgan fingerprint density at radius 3 is 2.55 bits per heavy atom. The summed E-state index contributed by atoms with van der Waals surface area (Å²) in [4.78, 5) is 25.7. The van der Waals surface area contributed by atoms with Crippen LogP contribution in [0.5, 0.6) is 11.5 Å². The smallest absolute Gasteiger partial charge is 0.345 e. The van der Waals surface area contributed by atoms with Gasteiger partial charge in [-0.2, -0.15) is 4.98 Å². The van der Waals surface area contributed by atoms with Crippen LogP contribution in [0.4, 0.5) is 5.69 Å². The predicted octanol–water partition coefficient (Wildman–Crippen LogP) is 0.770. The summed E-state index contributed by atoms with van der Waals surface area (Å²) in [5.74, 6) is -2.95. The Morgan fingerprint density at radius 1 is 1.45 bits per heavy atom. The van der Waals surface area contributed by atoms with Gasteiger partial charge in [0.25, 0.3) is 0 Å². The number of phenols is 2. The average Bonchev–Trinajstić information content (AvgIpc) is 2.86. The first-order valence-corrected chi connectivity index (χ1v) is 5.49. The quantitative estimate of drug-likeness (QED) is 0.275. The number of aromatic nitrogens is 2. The van der Waals surface area contributed by atoms with Crippen molar-refractivity contribution in [3.63, 3.8) is 0 Å². The molecule has 0 aliphatic heterocycles. The fourth-order valence-electron chi connectivity index (χ4n) is 1.72. The van der Waals surface area contributed by atoms with Crippen LogP contribution in [0.2, 0.25) is 0 Å². The summed E-state index contributed by atoms with van der Waals surface area (Å²) < 4.78 is 9.20. The van der Waals surface area contributed by atoms with Crippen LogP contribution in [0.15, 0.2) is 10.6 Å². The largest absolute Gasteiger partial charge is 0.504 e. The van der Waals surface area contributed by atoms with Gasteiger partial charge < -0.3 is 19.5 Å². The van der Waals surface area contributed by atoms with Crippen molar-refractivity contribution in [2.75, 3.05) is 7.11 Å². The van der Waals surface area contributed by atoms with Gasteiger partial charge in [0, 0.05) is 42.0 Å². The molecule has 11 heteroatoms. The first kappa shape index (κ1) is 17.9. The molecule has 1 radical (unpaired) electrons. The van der Waals surface area contributed by atoms with E-state index in [1.165, 1.54) is 6.92 Å². The zero-order valence-corrected chi connectivity index (χ0v) is 13.9. The van der Waals surface area contributed by atoms with Crippen LogP contribution in [-0.2, 0) is 4.74 Å². The molecule has 0 aliphatic rings. The number of rotatable bonds is 3. The number of hydrogen-bond donors (Lipinski definition) is 2. The molecular formula is C11H9N3NaO7. The fraction of sp³-hybridized carbons (Fsp3) is 0.182. The molecule has 0 saturated carbocycles. The number of esters is 1. The molecule has 0 spiro atoms. The van der Waals surface area contributed by atoms with Crippen molar-refractivity contribution >= 4 is 41.2 Å². The number of nitro groups is 1. The topological polar surface area (TPSA) is 149 Å². The van der Waals surface area contributed by atoms with Crippen molar-refractivity contribution in [3.8, 4) is 22.9 Å². The number of nitrogens with zero attached hydrogens (tertiary/aromatic N) is 3. The van der Waals surface area contributed by atoms with Crippen LogP contribution in [0, 0.1) is 17.0 Å². The second-order valence-electron chi connectivity index (χ2n) is 3.90. The van der Waals surface area contributed by atoms with E-state index < -0.39 is 33.6 Å². The van der Waals surface area contributed by atoms with E-state index in [-0.39, 0.29) is 46.8 Å². The summed E-state index contributed by atoms with van der Waals surface area (Å²) >= 11 is 0. The van der Waals surface area contributed by atoms with E-state index in [1.54, 1.807) is 0 Å². The molecule has 0 unspecified atom stereocenters. The standard InChI is InChI=1S/C11H9N3O7.Na/c1-4-12-10(13-21-4)5-3-6(15)9(16)8(14(18)19)7(5)11(17)20-2;/h3,15-16H,1-2H3;. The summed E-state index contributed by atoms with van der Waals surface area (Å²) in [5, 5.41) is 33.8. The summed E-state index contributed by atoms with van der Waals surface area (Å²) in [6, 6.07) is 0.916. The maximum atomic E-state index is 11.8. The van der Waals surface area contributed by atoms with Crippen LogP contribution in [0.1, 0.15) is 16.2 Å². The molecule has 1 aromatic heterocycles. The molecule has 0 saturated heterocycles. The van der Waals surface area contributed by atoms with Gasteiger partial charge in [-0.05, 0) is 6.07 Å². The molecule has 0 fully saturated rings. The SMILES string of the molecule is COC(=O)c1c(-c2noc(C)n2)cc(O)c(O)c1[N+](=O)[O-].[Na]. The minimum absolute atomic E-state index is 0. The van der Waals surface area contributed by atoms with Gasteiger partial charge in [0.15, 0.2) is 11.3 Å². The van der Waals surface area contributed by atoms with Crippen molar-refractivity contribution in [1.82, 2.24) is 10.1 Å². The number of hydrogen-bond acceptors (Lipinski definition) is 9. The second kappa shape index (κ2) is 6.73. The number of carbonyl (C=O) groups is 1. The summed E-state index contributed by atoms with van der Waals surface area (Å²) in [6.07, 6.45) is 0. The summed E-state index contributed by atoms with van der Waals surface area (Å²) in [7, 11) is 1.02. The number of carbonyl (C=O) groups excluding carboxylic acids is 1. The van der Waals surface area contributed by atoms with Crippen LogP contribution < -0.4 is 0 Å². The Morgan fingerprint density at radius 2 is 2.09 bits per heavy atom. The third kappa shape index (κ3) is 3.03. The van der Waals surface area contributed by atoms with Gasteiger partial charge in [-0.25, -0.2) is 4.79 Å². The van der Waals surface area contributed by atoms with E-state index in [9.17, 15) is 25.1 Å². The van der Waals surface area contributed by atoms with E-state index in [1.807, 2.05) is 0 Å². The molecule has 2 rings (SSSR count). The van der Waals surface area contributed by atoms with E-state index in [0.717, 1.165) is 13.2 Å². The molecule has 10 nitrogen and oxygen atoms in total. The Kier molecular flexibility index (Phi) is 5.47. The van der Waals surface area contributed by atoms with Gasteiger partial charge in [0.05, 0.1) is 12.0 Å². The number of nitro benzene ring substituents is 1. The first-order valence-electron chi connectivity index (χ1n) is 5.49. The number of benzene rings is 1. The molecule has 1 aromatic carbocycles. The van der Waals surface area contributed by atoms with Crippen molar-refractivity contribution in [3.05, 3.63) is 27.6 Å². The maximum Gasteiger partial charge on any atom is 0.345 e. The second-order valence-corrected chi connectivity index (χ2v) is 3.90. The molecule has 22 heavy (non-hydrogen) atoms. The van der Waals surface area contributed by atoms with E-state index in [4.69, 9.17) is 4.52 Å². The molecule has 0 amide bonds. The third-order valence-electron chi connectivity index (χ3n) is 2.59. The van der Waals surface area contributed by atoms with E-state index >= 15 is 0 Å². The van der Waals surface area contributed by atoms with Gasteiger partial charge >= 0.3 is 11.7 Å². The van der Waals surface area contributed by atoms with Gasteiger partial charge in [0.2, 0.25) is 17.5 Å². The van der Waals surface area contributed by atoms with Gasteiger partial charge in [0.1, 0.15) is 0 Å². The zero-order valence-electron chi connectivity index (χ0n) is 11.9. The van der Waals surface area contributed by atoms with Gasteiger partial charge in [-0.3, -0.25) is 10.1 Å². The van der Waals surface area contributed by atoms with Crippen LogP contribution in [0.25, 0.3) is 11.4 Å². The molecular weight excluding hydrogens is 309 g/mol. The third-order valence-corrected chi connectivity index (χ3v) is 2.59. The monoisotopic (exact) mass is 318 g/mol. The summed E-state index contributed by atoms with van der Waals surface area (Å²) in [6.45, 7) is 1.48. The maximum absolute atomic E-state index is 11.8. The van der Waals surface area contributed by atoms with E-state index in [2.05, 4.69) is 14.9 Å². The van der Waals surface area contributed by atoms with Crippen molar-refractivity contribution < 1.29 is 29.2 Å². The van der Waals surface area contributed by atoms with Crippen LogP contribution >= 0.6 is 0 Å². The molecule has 0 bridgehead atoms. The van der Waals surface area contributed by atoms with Gasteiger partial charge in [-0.15, -0.1) is 0 Å².